The van der Waals surface area contributed by atoms with Crippen molar-refractivity contribution in [2.24, 2.45) is 0 Å². The van der Waals surface area contributed by atoms with Crippen LogP contribution in [-0.2, 0) is 27.8 Å². The first-order valence-electron chi connectivity index (χ1n) is 10.9. The van der Waals surface area contributed by atoms with E-state index in [0.29, 0.717) is 34.3 Å². The molecule has 0 aliphatic carbocycles. The lowest BCUT2D eigenvalue weighted by molar-refractivity contribution is -0.138. The Morgan fingerprint density at radius 3 is 2.46 bits per heavy atom. The van der Waals surface area contributed by atoms with Crippen molar-refractivity contribution < 1.29 is 27.5 Å². The molecule has 35 heavy (non-hydrogen) atoms. The van der Waals surface area contributed by atoms with E-state index in [1.165, 1.54) is 24.3 Å². The summed E-state index contributed by atoms with van der Waals surface area (Å²) >= 11 is 0. The van der Waals surface area contributed by atoms with Gasteiger partial charge in [-0.1, -0.05) is 36.4 Å². The number of hydrogen-bond donors (Lipinski definition) is 1. The summed E-state index contributed by atoms with van der Waals surface area (Å²) in [5, 5.41) is 9.65. The van der Waals surface area contributed by atoms with Crippen molar-refractivity contribution in [3.05, 3.63) is 95.9 Å². The van der Waals surface area contributed by atoms with Crippen molar-refractivity contribution in [1.82, 2.24) is 4.98 Å². The number of benzene rings is 3. The number of anilines is 1. The van der Waals surface area contributed by atoms with Crippen LogP contribution >= 0.6 is 0 Å². The van der Waals surface area contributed by atoms with E-state index in [1.807, 2.05) is 30.3 Å². The molecule has 1 N–H and O–H groups in total. The fraction of sp³-hybridized carbons (Fsp3) is 0.154. The van der Waals surface area contributed by atoms with Crippen molar-refractivity contribution in [3.63, 3.8) is 0 Å². The molecule has 5 rings (SSSR count). The molecule has 0 fully saturated rings. The monoisotopic (exact) mass is 490 g/mol. The number of nitrogens with zero attached hydrogens (tertiary/aromatic N) is 2. The zero-order valence-electron chi connectivity index (χ0n) is 18.8. The van der Waals surface area contributed by atoms with Crippen molar-refractivity contribution in [2.45, 2.75) is 30.9 Å². The average molecular weight is 491 g/mol. The van der Waals surface area contributed by atoms with Crippen molar-refractivity contribution in [2.75, 3.05) is 4.31 Å². The fourth-order valence-corrected chi connectivity index (χ4v) is 5.73. The Bertz CT molecular complexity index is 1480. The average Bonchev–Trinajstić information content (AvgIpc) is 3.45. The van der Waals surface area contributed by atoms with Crippen LogP contribution in [0.1, 0.15) is 17.0 Å². The number of carboxylic acids is 1. The van der Waals surface area contributed by atoms with E-state index in [1.54, 1.807) is 31.2 Å². The highest BCUT2D eigenvalue weighted by molar-refractivity contribution is 7.93. The van der Waals surface area contributed by atoms with Crippen LogP contribution in [0.15, 0.2) is 88.2 Å². The van der Waals surface area contributed by atoms with Gasteiger partial charge in [-0.25, -0.2) is 18.2 Å². The van der Waals surface area contributed by atoms with Crippen LogP contribution < -0.4 is 9.04 Å². The molecular formula is C26H22N2O6S. The van der Waals surface area contributed by atoms with Crippen LogP contribution in [0.25, 0.3) is 11.5 Å². The van der Waals surface area contributed by atoms with Crippen LogP contribution in [0.4, 0.5) is 5.69 Å². The maximum Gasteiger partial charge on any atom is 0.327 e. The molecule has 1 aliphatic rings. The van der Waals surface area contributed by atoms with Gasteiger partial charge >= 0.3 is 5.97 Å². The molecule has 1 unspecified atom stereocenters. The number of hydrogen-bond acceptors (Lipinski definition) is 6. The first kappa shape index (κ1) is 22.7. The van der Waals surface area contributed by atoms with E-state index in [0.717, 1.165) is 9.87 Å². The van der Waals surface area contributed by atoms with Crippen LogP contribution in [0, 0.1) is 6.92 Å². The molecule has 0 saturated carbocycles. The predicted molar refractivity (Wildman–Crippen MR) is 129 cm³/mol. The lowest BCUT2D eigenvalue weighted by atomic mass is 10.1. The van der Waals surface area contributed by atoms with Gasteiger partial charge in [0.2, 0.25) is 5.89 Å². The van der Waals surface area contributed by atoms with Gasteiger partial charge in [-0.05, 0) is 55.0 Å². The van der Waals surface area contributed by atoms with Crippen molar-refractivity contribution in [1.29, 1.82) is 0 Å². The number of oxazole rings is 1. The molecule has 1 atom stereocenters. The smallest absolute Gasteiger partial charge is 0.327 e. The highest BCUT2D eigenvalue weighted by Crippen LogP contribution is 2.37. The van der Waals surface area contributed by atoms with Gasteiger partial charge < -0.3 is 14.3 Å². The summed E-state index contributed by atoms with van der Waals surface area (Å²) in [7, 11) is -4.09. The minimum Gasteiger partial charge on any atom is -0.487 e. The van der Waals surface area contributed by atoms with Crippen LogP contribution in [0.3, 0.4) is 0 Å². The summed E-state index contributed by atoms with van der Waals surface area (Å²) < 4.78 is 39.3. The van der Waals surface area contributed by atoms with Crippen molar-refractivity contribution in [3.8, 4) is 17.2 Å². The number of aromatic nitrogens is 1. The Morgan fingerprint density at radius 1 is 1.06 bits per heavy atom. The quantitative estimate of drug-likeness (QED) is 0.408. The lowest BCUT2D eigenvalue weighted by Crippen LogP contribution is -2.42. The summed E-state index contributed by atoms with van der Waals surface area (Å²) in [5.41, 5.74) is 2.57. The number of rotatable bonds is 7. The van der Waals surface area contributed by atoms with Gasteiger partial charge in [0.25, 0.3) is 10.0 Å². The van der Waals surface area contributed by atoms with Gasteiger partial charge in [0.15, 0.2) is 0 Å². The van der Waals surface area contributed by atoms with Gasteiger partial charge in [0, 0.05) is 12.0 Å². The van der Waals surface area contributed by atoms with Gasteiger partial charge in [-0.3, -0.25) is 4.31 Å². The molecule has 2 heterocycles. The number of sulfonamides is 1. The fourth-order valence-electron chi connectivity index (χ4n) is 4.08. The molecule has 0 amide bonds. The summed E-state index contributed by atoms with van der Waals surface area (Å²) in [5.74, 6) is 0.393. The van der Waals surface area contributed by atoms with Crippen LogP contribution in [0.5, 0.6) is 5.75 Å². The zero-order chi connectivity index (χ0) is 24.6. The summed E-state index contributed by atoms with van der Waals surface area (Å²) in [6.45, 7) is 1.95. The summed E-state index contributed by atoms with van der Waals surface area (Å²) in [4.78, 5) is 16.3. The number of fused-ring (bicyclic) bond motifs is 1. The second kappa shape index (κ2) is 8.92. The molecule has 8 nitrogen and oxygen atoms in total. The van der Waals surface area contributed by atoms with Gasteiger partial charge in [0.05, 0.1) is 10.6 Å². The molecule has 9 heteroatoms. The standard InChI is InChI=1S/C26H22N2O6S/c1-17-22(27-25(34-17)18-7-3-2-4-8-18)16-33-20-11-13-21(14-12-20)35(31,32)28-23-10-6-5-9-19(23)15-24(28)26(29)30/h2-14,24H,15-16H2,1H3,(H,29,30). The van der Waals surface area contributed by atoms with E-state index in [9.17, 15) is 18.3 Å². The molecule has 1 aromatic heterocycles. The van der Waals surface area contributed by atoms with Crippen LogP contribution in [0.2, 0.25) is 0 Å². The number of carbonyl (C=O) groups is 1. The molecule has 178 valence electrons. The highest BCUT2D eigenvalue weighted by Gasteiger charge is 2.42. The number of aryl methyl sites for hydroxylation is 1. The highest BCUT2D eigenvalue weighted by atomic mass is 32.2. The van der Waals surface area contributed by atoms with E-state index < -0.39 is 22.0 Å². The topological polar surface area (TPSA) is 110 Å². The molecule has 0 saturated heterocycles. The Labute approximate surface area is 202 Å². The molecule has 4 aromatic rings. The molecule has 0 spiro atoms. The first-order chi connectivity index (χ1) is 16.8. The Hall–Kier alpha value is -4.11. The normalized spacial score (nSPS) is 15.1. The number of ether oxygens (including phenoxy) is 1. The number of carboxylic acid groups (broad SMARTS) is 1. The van der Waals surface area contributed by atoms with Gasteiger partial charge in [-0.2, -0.15) is 0 Å². The lowest BCUT2D eigenvalue weighted by Gasteiger charge is -2.24. The molecule has 1 aliphatic heterocycles. The summed E-state index contributed by atoms with van der Waals surface area (Å²) in [6.07, 6.45) is 0.119. The first-order valence-corrected chi connectivity index (χ1v) is 12.4. The largest absolute Gasteiger partial charge is 0.487 e. The van der Waals surface area contributed by atoms with E-state index in [4.69, 9.17) is 9.15 Å². The number of para-hydroxylation sites is 1. The zero-order valence-corrected chi connectivity index (χ0v) is 19.6. The minimum atomic E-state index is -4.09. The Balaban J connectivity index is 1.34. The molecular weight excluding hydrogens is 468 g/mol. The predicted octanol–water partition coefficient (Wildman–Crippen LogP) is 4.43. The number of aliphatic carboxylic acids is 1. The Kier molecular flexibility index (Phi) is 5.78. The second-order valence-electron chi connectivity index (χ2n) is 8.14. The molecule has 0 radical (unpaired) electrons. The maximum absolute atomic E-state index is 13.4. The third kappa shape index (κ3) is 4.26. The summed E-state index contributed by atoms with van der Waals surface area (Å²) in [6, 6.07) is 21.1. The van der Waals surface area contributed by atoms with Crippen molar-refractivity contribution >= 4 is 21.7 Å². The van der Waals surface area contributed by atoms with E-state index in [2.05, 4.69) is 4.98 Å². The Morgan fingerprint density at radius 2 is 1.74 bits per heavy atom. The maximum atomic E-state index is 13.4. The molecule has 0 bridgehead atoms. The minimum absolute atomic E-state index is 0.0169. The van der Waals surface area contributed by atoms with Gasteiger partial charge in [-0.15, -0.1) is 0 Å². The second-order valence-corrected chi connectivity index (χ2v) is 9.95. The third-order valence-electron chi connectivity index (χ3n) is 5.88. The third-order valence-corrected chi connectivity index (χ3v) is 7.72. The van der Waals surface area contributed by atoms with Gasteiger partial charge in [0.1, 0.15) is 29.9 Å². The van der Waals surface area contributed by atoms with E-state index in [-0.39, 0.29) is 17.9 Å². The van der Waals surface area contributed by atoms with Crippen LogP contribution in [-0.4, -0.2) is 30.5 Å². The SMILES string of the molecule is Cc1oc(-c2ccccc2)nc1COc1ccc(S(=O)(=O)N2c3ccccc3CC2C(=O)O)cc1. The van der Waals surface area contributed by atoms with E-state index >= 15 is 0 Å². The molecule has 3 aromatic carbocycles.